The van der Waals surface area contributed by atoms with Crippen molar-refractivity contribution >= 4 is 5.78 Å². The van der Waals surface area contributed by atoms with Crippen LogP contribution in [0.4, 0.5) is 0 Å². The number of nitrogens with zero attached hydrogens (tertiary/aromatic N) is 1. The Bertz CT molecular complexity index is 994. The molecule has 1 fully saturated rings. The van der Waals surface area contributed by atoms with Gasteiger partial charge in [0.25, 0.3) is 0 Å². The SMILES string of the molecule is CCOC1(OCC)C(=O)C1CCOCCC(C)(C)OCCC(C)(C)OCCN(Cc1ccccc1)Cc1ccccc1. The van der Waals surface area contributed by atoms with E-state index in [0.29, 0.717) is 46.1 Å². The molecule has 0 saturated heterocycles. The van der Waals surface area contributed by atoms with Gasteiger partial charge in [0.05, 0.1) is 30.3 Å². The molecule has 7 nitrogen and oxygen atoms in total. The Balaban J connectivity index is 1.33. The highest BCUT2D eigenvalue weighted by Gasteiger charge is 2.67. The minimum atomic E-state index is -1.04. The number of hydrogen-bond donors (Lipinski definition) is 0. The second-order valence-corrected chi connectivity index (χ2v) is 12.2. The standard InChI is InChI=1S/C35H53NO6/c1-7-39-35(40-8-2)31(32(35)37)19-23-38-24-20-33(3,4)41-25-21-34(5,6)42-26-22-36(27-29-15-11-9-12-16-29)28-30-17-13-10-14-18-30/h9-18,31H,7-8,19-28H2,1-6H3. The average Bonchev–Trinajstić information content (AvgIpc) is 3.49. The lowest BCUT2D eigenvalue weighted by molar-refractivity contribution is -0.178. The lowest BCUT2D eigenvalue weighted by Crippen LogP contribution is -2.34. The van der Waals surface area contributed by atoms with Gasteiger partial charge in [-0.1, -0.05) is 60.7 Å². The fraction of sp³-hybridized carbons (Fsp3) is 0.629. The molecule has 0 bridgehead atoms. The monoisotopic (exact) mass is 583 g/mol. The summed E-state index contributed by atoms with van der Waals surface area (Å²) in [5.41, 5.74) is 2.01. The molecule has 0 heterocycles. The number of ether oxygens (including phenoxy) is 5. The van der Waals surface area contributed by atoms with Crippen molar-refractivity contribution in [1.82, 2.24) is 4.90 Å². The first kappa shape index (κ1) is 34.4. The van der Waals surface area contributed by atoms with Crippen LogP contribution in [0.25, 0.3) is 0 Å². The number of Topliss-reactive ketones (excluding diaryl/α,β-unsaturated/α-hetero) is 1. The number of ketones is 1. The van der Waals surface area contributed by atoms with Gasteiger partial charge >= 0.3 is 0 Å². The van der Waals surface area contributed by atoms with E-state index in [1.165, 1.54) is 11.1 Å². The Morgan fingerprint density at radius 2 is 1.21 bits per heavy atom. The zero-order valence-electron chi connectivity index (χ0n) is 26.7. The van der Waals surface area contributed by atoms with Crippen LogP contribution in [0, 0.1) is 5.92 Å². The molecule has 42 heavy (non-hydrogen) atoms. The first-order valence-electron chi connectivity index (χ1n) is 15.6. The zero-order valence-corrected chi connectivity index (χ0v) is 26.7. The van der Waals surface area contributed by atoms with E-state index in [0.717, 1.165) is 32.5 Å². The molecular formula is C35H53NO6. The van der Waals surface area contributed by atoms with Gasteiger partial charge in [0.15, 0.2) is 0 Å². The quantitative estimate of drug-likeness (QED) is 0.117. The van der Waals surface area contributed by atoms with E-state index >= 15 is 0 Å². The van der Waals surface area contributed by atoms with Crippen molar-refractivity contribution < 1.29 is 28.5 Å². The van der Waals surface area contributed by atoms with Crippen molar-refractivity contribution in [2.24, 2.45) is 5.92 Å². The van der Waals surface area contributed by atoms with Crippen molar-refractivity contribution in [2.75, 3.05) is 46.2 Å². The van der Waals surface area contributed by atoms with Gasteiger partial charge in [-0.25, -0.2) is 0 Å². The van der Waals surface area contributed by atoms with Crippen LogP contribution >= 0.6 is 0 Å². The van der Waals surface area contributed by atoms with Crippen molar-refractivity contribution in [3.05, 3.63) is 71.8 Å². The Morgan fingerprint density at radius 1 is 0.714 bits per heavy atom. The van der Waals surface area contributed by atoms with Crippen LogP contribution in [-0.2, 0) is 41.6 Å². The topological polar surface area (TPSA) is 66.5 Å². The molecule has 2 aromatic rings. The molecule has 1 aliphatic carbocycles. The van der Waals surface area contributed by atoms with E-state index in [1.54, 1.807) is 0 Å². The molecule has 234 valence electrons. The largest absolute Gasteiger partial charge is 0.381 e. The third-order valence-electron chi connectivity index (χ3n) is 7.75. The van der Waals surface area contributed by atoms with Crippen LogP contribution in [0.3, 0.4) is 0 Å². The molecule has 1 atom stereocenters. The Hall–Kier alpha value is -2.13. The number of benzene rings is 2. The molecule has 7 heteroatoms. The van der Waals surface area contributed by atoms with Gasteiger partial charge in [0, 0.05) is 46.1 Å². The number of carbonyl (C=O) groups is 1. The molecule has 0 aliphatic heterocycles. The fourth-order valence-corrected chi connectivity index (χ4v) is 5.14. The maximum absolute atomic E-state index is 12.3. The molecular weight excluding hydrogens is 530 g/mol. The van der Waals surface area contributed by atoms with E-state index in [9.17, 15) is 4.79 Å². The summed E-state index contributed by atoms with van der Waals surface area (Å²) in [4.78, 5) is 14.7. The maximum atomic E-state index is 12.3. The van der Waals surface area contributed by atoms with E-state index in [1.807, 2.05) is 13.8 Å². The van der Waals surface area contributed by atoms with Gasteiger partial charge in [-0.3, -0.25) is 9.69 Å². The van der Waals surface area contributed by atoms with Crippen LogP contribution in [-0.4, -0.2) is 73.9 Å². The summed E-state index contributed by atoms with van der Waals surface area (Å²) in [5.74, 6) is -1.23. The van der Waals surface area contributed by atoms with Gasteiger partial charge in [0.1, 0.15) is 0 Å². The zero-order chi connectivity index (χ0) is 30.5. The van der Waals surface area contributed by atoms with Crippen LogP contribution in [0.2, 0.25) is 0 Å². The summed E-state index contributed by atoms with van der Waals surface area (Å²) >= 11 is 0. The summed E-state index contributed by atoms with van der Waals surface area (Å²) in [7, 11) is 0. The Labute approximate surface area is 253 Å². The van der Waals surface area contributed by atoms with Gasteiger partial charge in [-0.05, 0) is 71.9 Å². The van der Waals surface area contributed by atoms with Crippen molar-refractivity contribution in [2.45, 2.75) is 90.9 Å². The number of carbonyl (C=O) groups excluding carboxylic acids is 1. The minimum absolute atomic E-state index is 0.0309. The van der Waals surface area contributed by atoms with Gasteiger partial charge < -0.3 is 23.7 Å². The van der Waals surface area contributed by atoms with Crippen LogP contribution in [0.15, 0.2) is 60.7 Å². The van der Waals surface area contributed by atoms with E-state index < -0.39 is 5.79 Å². The molecule has 0 radical (unpaired) electrons. The van der Waals surface area contributed by atoms with E-state index in [-0.39, 0.29) is 22.9 Å². The van der Waals surface area contributed by atoms with Crippen LogP contribution in [0.5, 0.6) is 0 Å². The summed E-state index contributed by atoms with van der Waals surface area (Å²) < 4.78 is 29.7. The highest BCUT2D eigenvalue weighted by atomic mass is 16.7. The highest BCUT2D eigenvalue weighted by Crippen LogP contribution is 2.45. The smallest absolute Gasteiger partial charge is 0.239 e. The van der Waals surface area contributed by atoms with Crippen molar-refractivity contribution in [3.8, 4) is 0 Å². The number of rotatable bonds is 22. The summed E-state index contributed by atoms with van der Waals surface area (Å²) in [5, 5.41) is 0. The maximum Gasteiger partial charge on any atom is 0.239 e. The summed E-state index contributed by atoms with van der Waals surface area (Å²) in [6.45, 7) is 18.1. The van der Waals surface area contributed by atoms with E-state index in [2.05, 4.69) is 93.3 Å². The summed E-state index contributed by atoms with van der Waals surface area (Å²) in [6, 6.07) is 21.2. The van der Waals surface area contributed by atoms with Crippen molar-refractivity contribution in [1.29, 1.82) is 0 Å². The average molecular weight is 584 g/mol. The molecule has 1 saturated carbocycles. The number of hydrogen-bond acceptors (Lipinski definition) is 7. The van der Waals surface area contributed by atoms with Gasteiger partial charge in [-0.15, -0.1) is 0 Å². The molecule has 0 amide bonds. The molecule has 0 N–H and O–H groups in total. The lowest BCUT2D eigenvalue weighted by Gasteiger charge is -2.31. The molecule has 2 aromatic carbocycles. The fourth-order valence-electron chi connectivity index (χ4n) is 5.14. The van der Waals surface area contributed by atoms with Gasteiger partial charge in [0.2, 0.25) is 11.6 Å². The summed E-state index contributed by atoms with van der Waals surface area (Å²) in [6.07, 6.45) is 2.18. The normalized spacial score (nSPS) is 16.7. The predicted octanol–water partition coefficient (Wildman–Crippen LogP) is 6.43. The highest BCUT2D eigenvalue weighted by molar-refractivity contribution is 6.05. The third kappa shape index (κ3) is 11.2. The Morgan fingerprint density at radius 3 is 1.74 bits per heavy atom. The second kappa shape index (κ2) is 16.6. The van der Waals surface area contributed by atoms with E-state index in [4.69, 9.17) is 23.7 Å². The minimum Gasteiger partial charge on any atom is -0.381 e. The van der Waals surface area contributed by atoms with Crippen LogP contribution < -0.4 is 0 Å². The Kier molecular flexibility index (Phi) is 13.6. The van der Waals surface area contributed by atoms with Crippen LogP contribution in [0.1, 0.15) is 71.9 Å². The second-order valence-electron chi connectivity index (χ2n) is 12.2. The van der Waals surface area contributed by atoms with Gasteiger partial charge in [-0.2, -0.15) is 0 Å². The molecule has 1 unspecified atom stereocenters. The predicted molar refractivity (Wildman–Crippen MR) is 166 cm³/mol. The molecule has 0 aromatic heterocycles. The third-order valence-corrected chi connectivity index (χ3v) is 7.75. The molecule has 3 rings (SSSR count). The first-order valence-corrected chi connectivity index (χ1v) is 15.6. The molecule has 1 aliphatic rings. The van der Waals surface area contributed by atoms with Crippen molar-refractivity contribution in [3.63, 3.8) is 0 Å². The lowest BCUT2D eigenvalue weighted by atomic mass is 10.0. The molecule has 0 spiro atoms. The first-order chi connectivity index (χ1) is 20.1.